The van der Waals surface area contributed by atoms with Crippen molar-refractivity contribution in [2.24, 2.45) is 5.73 Å². The molecule has 1 aliphatic rings. The Labute approximate surface area is 105 Å². The summed E-state index contributed by atoms with van der Waals surface area (Å²) in [6.45, 7) is 0. The second-order valence-electron chi connectivity index (χ2n) is 4.37. The zero-order valence-electron chi connectivity index (χ0n) is 9.63. The number of rotatable bonds is 3. The lowest BCUT2D eigenvalue weighted by atomic mass is 9.92. The molecule has 17 heavy (non-hydrogen) atoms. The van der Waals surface area contributed by atoms with Crippen molar-refractivity contribution in [3.05, 3.63) is 35.4 Å². The maximum absolute atomic E-state index is 10.8. The van der Waals surface area contributed by atoms with E-state index in [-0.39, 0.29) is 0 Å². The molecular weight excluding hydrogens is 234 g/mol. The minimum atomic E-state index is -0.980. The molecule has 1 aliphatic heterocycles. The molecule has 0 spiro atoms. The average Bonchev–Trinajstić information content (AvgIpc) is 2.39. The number of thioether (sulfide) groups is 1. The molecule has 1 aromatic rings. The van der Waals surface area contributed by atoms with Crippen LogP contribution in [0, 0.1) is 0 Å². The van der Waals surface area contributed by atoms with Gasteiger partial charge in [-0.3, -0.25) is 4.79 Å². The van der Waals surface area contributed by atoms with Crippen LogP contribution >= 0.6 is 11.8 Å². The van der Waals surface area contributed by atoms with Crippen molar-refractivity contribution < 1.29 is 9.90 Å². The number of nitrogens with two attached hydrogens (primary N) is 1. The predicted octanol–water partition coefficient (Wildman–Crippen LogP) is 2.38. The Morgan fingerprint density at radius 1 is 1.29 bits per heavy atom. The fourth-order valence-electron chi connectivity index (χ4n) is 2.15. The highest BCUT2D eigenvalue weighted by Crippen LogP contribution is 2.31. The SMILES string of the molecule is NC(C(=O)O)c1ccc(C2CCSCC2)cc1. The van der Waals surface area contributed by atoms with Crippen molar-refractivity contribution in [2.75, 3.05) is 11.5 Å². The molecule has 3 N–H and O–H groups in total. The fourth-order valence-corrected chi connectivity index (χ4v) is 3.26. The molecule has 0 amide bonds. The van der Waals surface area contributed by atoms with Crippen molar-refractivity contribution in [3.63, 3.8) is 0 Å². The minimum absolute atomic E-state index is 0.631. The minimum Gasteiger partial charge on any atom is -0.480 e. The van der Waals surface area contributed by atoms with Gasteiger partial charge in [-0.25, -0.2) is 0 Å². The zero-order chi connectivity index (χ0) is 12.3. The van der Waals surface area contributed by atoms with Crippen LogP contribution in [0.25, 0.3) is 0 Å². The van der Waals surface area contributed by atoms with Crippen LogP contribution in [0.15, 0.2) is 24.3 Å². The van der Waals surface area contributed by atoms with Gasteiger partial charge < -0.3 is 10.8 Å². The van der Waals surface area contributed by atoms with Gasteiger partial charge in [-0.2, -0.15) is 11.8 Å². The molecule has 1 atom stereocenters. The molecule has 0 aromatic heterocycles. The molecule has 0 saturated carbocycles. The van der Waals surface area contributed by atoms with Gasteiger partial charge in [-0.15, -0.1) is 0 Å². The van der Waals surface area contributed by atoms with Gasteiger partial charge in [0, 0.05) is 0 Å². The van der Waals surface area contributed by atoms with E-state index in [1.165, 1.54) is 29.9 Å². The zero-order valence-corrected chi connectivity index (χ0v) is 10.5. The second-order valence-corrected chi connectivity index (χ2v) is 5.59. The van der Waals surface area contributed by atoms with Crippen LogP contribution in [0.5, 0.6) is 0 Å². The van der Waals surface area contributed by atoms with Crippen LogP contribution in [0.1, 0.15) is 35.9 Å². The molecule has 0 radical (unpaired) electrons. The highest BCUT2D eigenvalue weighted by Gasteiger charge is 2.17. The van der Waals surface area contributed by atoms with Crippen molar-refractivity contribution in [2.45, 2.75) is 24.8 Å². The molecule has 4 heteroatoms. The van der Waals surface area contributed by atoms with Gasteiger partial charge in [0.1, 0.15) is 6.04 Å². The number of carboxylic acids is 1. The number of hydrogen-bond acceptors (Lipinski definition) is 3. The third-order valence-electron chi connectivity index (χ3n) is 3.25. The van der Waals surface area contributed by atoms with Crippen molar-refractivity contribution in [3.8, 4) is 0 Å². The van der Waals surface area contributed by atoms with Gasteiger partial charge in [0.15, 0.2) is 0 Å². The Balaban J connectivity index is 2.09. The Kier molecular flexibility index (Phi) is 4.07. The smallest absolute Gasteiger partial charge is 0.325 e. The summed E-state index contributed by atoms with van der Waals surface area (Å²) in [5.74, 6) is 2.10. The molecular formula is C13H17NO2S. The number of hydrogen-bond donors (Lipinski definition) is 2. The van der Waals surface area contributed by atoms with Gasteiger partial charge in [0.25, 0.3) is 0 Å². The molecule has 3 nitrogen and oxygen atoms in total. The van der Waals surface area contributed by atoms with Crippen LogP contribution in [-0.2, 0) is 4.79 Å². The van der Waals surface area contributed by atoms with E-state index < -0.39 is 12.0 Å². The van der Waals surface area contributed by atoms with Crippen molar-refractivity contribution >= 4 is 17.7 Å². The molecule has 1 saturated heterocycles. The summed E-state index contributed by atoms with van der Waals surface area (Å²) in [7, 11) is 0. The summed E-state index contributed by atoms with van der Waals surface area (Å²) in [5, 5.41) is 8.83. The van der Waals surface area contributed by atoms with E-state index in [0.717, 1.165) is 0 Å². The highest BCUT2D eigenvalue weighted by atomic mass is 32.2. The molecule has 92 valence electrons. The maximum Gasteiger partial charge on any atom is 0.325 e. The molecule has 1 fully saturated rings. The van der Waals surface area contributed by atoms with Crippen LogP contribution in [0.3, 0.4) is 0 Å². The van der Waals surface area contributed by atoms with Crippen LogP contribution in [-0.4, -0.2) is 22.6 Å². The van der Waals surface area contributed by atoms with Crippen molar-refractivity contribution in [1.82, 2.24) is 0 Å². The summed E-state index contributed by atoms with van der Waals surface area (Å²) >= 11 is 2.01. The number of aliphatic carboxylic acids is 1. The van der Waals surface area contributed by atoms with E-state index in [1.807, 2.05) is 36.0 Å². The lowest BCUT2D eigenvalue weighted by Gasteiger charge is -2.22. The maximum atomic E-state index is 10.8. The Hall–Kier alpha value is -1.00. The molecule has 2 rings (SSSR count). The van der Waals surface area contributed by atoms with Gasteiger partial charge in [-0.05, 0) is 41.4 Å². The monoisotopic (exact) mass is 251 g/mol. The Bertz CT molecular complexity index is 385. The van der Waals surface area contributed by atoms with E-state index >= 15 is 0 Å². The quantitative estimate of drug-likeness (QED) is 0.865. The van der Waals surface area contributed by atoms with E-state index in [0.29, 0.717) is 11.5 Å². The number of carboxylic acid groups (broad SMARTS) is 1. The van der Waals surface area contributed by atoms with Gasteiger partial charge in [0.2, 0.25) is 0 Å². The molecule has 0 bridgehead atoms. The summed E-state index contributed by atoms with van der Waals surface area (Å²) in [6.07, 6.45) is 2.43. The topological polar surface area (TPSA) is 63.3 Å². The standard InChI is InChI=1S/C13H17NO2S/c14-12(13(15)16)11-3-1-9(2-4-11)10-5-7-17-8-6-10/h1-4,10,12H,5-8,14H2,(H,15,16). The first-order valence-corrected chi connectivity index (χ1v) is 7.00. The molecule has 1 heterocycles. The summed E-state index contributed by atoms with van der Waals surface area (Å²) < 4.78 is 0. The van der Waals surface area contributed by atoms with Crippen LogP contribution < -0.4 is 5.73 Å². The van der Waals surface area contributed by atoms with Crippen molar-refractivity contribution in [1.29, 1.82) is 0 Å². The second kappa shape index (κ2) is 5.56. The number of benzene rings is 1. The first kappa shape index (κ1) is 12.5. The lowest BCUT2D eigenvalue weighted by Crippen LogP contribution is -2.20. The average molecular weight is 251 g/mol. The van der Waals surface area contributed by atoms with Gasteiger partial charge in [0.05, 0.1) is 0 Å². The summed E-state index contributed by atoms with van der Waals surface area (Å²) in [6, 6.07) is 6.83. The van der Waals surface area contributed by atoms with E-state index in [1.54, 1.807) is 0 Å². The van der Waals surface area contributed by atoms with Gasteiger partial charge in [-0.1, -0.05) is 24.3 Å². The molecule has 1 unspecified atom stereocenters. The third-order valence-corrected chi connectivity index (χ3v) is 4.30. The van der Waals surface area contributed by atoms with Gasteiger partial charge >= 0.3 is 5.97 Å². The predicted molar refractivity (Wildman–Crippen MR) is 70.3 cm³/mol. The number of carbonyl (C=O) groups is 1. The van der Waals surface area contributed by atoms with Crippen LogP contribution in [0.2, 0.25) is 0 Å². The largest absolute Gasteiger partial charge is 0.480 e. The van der Waals surface area contributed by atoms with E-state index in [2.05, 4.69) is 0 Å². The third kappa shape index (κ3) is 3.01. The molecule has 0 aliphatic carbocycles. The highest BCUT2D eigenvalue weighted by molar-refractivity contribution is 7.99. The normalized spacial score (nSPS) is 18.9. The van der Waals surface area contributed by atoms with E-state index in [4.69, 9.17) is 10.8 Å². The Morgan fingerprint density at radius 3 is 2.41 bits per heavy atom. The fraction of sp³-hybridized carbons (Fsp3) is 0.462. The summed E-state index contributed by atoms with van der Waals surface area (Å²) in [4.78, 5) is 10.8. The summed E-state index contributed by atoms with van der Waals surface area (Å²) in [5.41, 5.74) is 7.55. The van der Waals surface area contributed by atoms with Crippen LogP contribution in [0.4, 0.5) is 0 Å². The first-order chi connectivity index (χ1) is 8.18. The molecule has 1 aromatic carbocycles. The Morgan fingerprint density at radius 2 is 1.88 bits per heavy atom. The lowest BCUT2D eigenvalue weighted by molar-refractivity contribution is -0.138. The van der Waals surface area contributed by atoms with E-state index in [9.17, 15) is 4.79 Å². The first-order valence-electron chi connectivity index (χ1n) is 5.84.